The minimum Gasteiger partial charge on any atom is -0.482 e. The molecule has 18 heavy (non-hydrogen) atoms. The molecule has 0 saturated carbocycles. The smallest absolute Gasteiger partial charge is 0.258 e. The molecule has 1 aromatic carbocycles. The van der Waals surface area contributed by atoms with E-state index in [2.05, 4.69) is 5.32 Å². The van der Waals surface area contributed by atoms with Gasteiger partial charge in [-0.3, -0.25) is 4.79 Å². The van der Waals surface area contributed by atoms with Crippen LogP contribution in [0.3, 0.4) is 0 Å². The van der Waals surface area contributed by atoms with Crippen molar-refractivity contribution < 1.29 is 14.3 Å². The number of hydrogen-bond acceptors (Lipinski definition) is 5. The lowest BCUT2D eigenvalue weighted by atomic mass is 10.2. The summed E-state index contributed by atoms with van der Waals surface area (Å²) in [4.78, 5) is 11.4. The number of anilines is 1. The third-order valence-corrected chi connectivity index (χ3v) is 2.11. The minimum absolute atomic E-state index is 0.150. The lowest BCUT2D eigenvalue weighted by molar-refractivity contribution is -0.123. The van der Waals surface area contributed by atoms with Gasteiger partial charge in [-0.25, -0.2) is 0 Å². The molecule has 6 heteroatoms. The van der Waals surface area contributed by atoms with Gasteiger partial charge in [-0.05, 0) is 18.2 Å². The first-order valence-corrected chi connectivity index (χ1v) is 5.35. The maximum atomic E-state index is 11.4. The van der Waals surface area contributed by atoms with Gasteiger partial charge >= 0.3 is 0 Å². The van der Waals surface area contributed by atoms with Crippen LogP contribution >= 0.6 is 0 Å². The average Bonchev–Trinajstić information content (AvgIpc) is 2.37. The molecule has 1 rings (SSSR count). The normalized spacial score (nSPS) is 9.56. The fraction of sp³-hybridized carbons (Fsp3) is 0.333. The number of nitrogen functional groups attached to an aromatic ring is 1. The highest BCUT2D eigenvalue weighted by Crippen LogP contribution is 2.20. The Labute approximate surface area is 105 Å². The summed E-state index contributed by atoms with van der Waals surface area (Å²) >= 11 is 0. The summed E-state index contributed by atoms with van der Waals surface area (Å²) in [7, 11) is 1.55. The monoisotopic (exact) mass is 249 g/mol. The molecule has 0 radical (unpaired) electrons. The van der Waals surface area contributed by atoms with Gasteiger partial charge in [0.15, 0.2) is 6.61 Å². The van der Waals surface area contributed by atoms with E-state index in [0.29, 0.717) is 30.2 Å². The van der Waals surface area contributed by atoms with Gasteiger partial charge in [0, 0.05) is 19.3 Å². The zero-order chi connectivity index (χ0) is 13.4. The van der Waals surface area contributed by atoms with Crippen LogP contribution in [0.5, 0.6) is 5.75 Å². The molecule has 3 N–H and O–H groups in total. The van der Waals surface area contributed by atoms with Crippen LogP contribution in [0, 0.1) is 11.3 Å². The Morgan fingerprint density at radius 3 is 3.00 bits per heavy atom. The van der Waals surface area contributed by atoms with Crippen molar-refractivity contribution in [1.82, 2.24) is 5.32 Å². The Bertz CT molecular complexity index is 454. The lowest BCUT2D eigenvalue weighted by Crippen LogP contribution is -2.31. The Hall–Kier alpha value is -2.26. The van der Waals surface area contributed by atoms with Crippen molar-refractivity contribution in [3.05, 3.63) is 23.8 Å². The number of benzene rings is 1. The van der Waals surface area contributed by atoms with E-state index in [4.69, 9.17) is 20.5 Å². The topological polar surface area (TPSA) is 97.4 Å². The number of nitriles is 1. The van der Waals surface area contributed by atoms with E-state index >= 15 is 0 Å². The van der Waals surface area contributed by atoms with Gasteiger partial charge < -0.3 is 20.5 Å². The van der Waals surface area contributed by atoms with E-state index in [9.17, 15) is 4.79 Å². The molecule has 1 amide bonds. The van der Waals surface area contributed by atoms with Gasteiger partial charge in [-0.1, -0.05) is 0 Å². The van der Waals surface area contributed by atoms with Crippen molar-refractivity contribution in [3.63, 3.8) is 0 Å². The number of nitrogens with two attached hydrogens (primary N) is 1. The molecule has 0 saturated heterocycles. The summed E-state index contributed by atoms with van der Waals surface area (Å²) in [5, 5.41) is 11.5. The second-order valence-electron chi connectivity index (χ2n) is 3.50. The summed E-state index contributed by atoms with van der Waals surface area (Å²) < 4.78 is 10.0. The second kappa shape index (κ2) is 7.14. The number of carbonyl (C=O) groups is 1. The van der Waals surface area contributed by atoms with Crippen LogP contribution in [-0.2, 0) is 9.53 Å². The van der Waals surface area contributed by atoms with Crippen LogP contribution in [-0.4, -0.2) is 32.8 Å². The van der Waals surface area contributed by atoms with E-state index in [1.54, 1.807) is 19.2 Å². The standard InChI is InChI=1S/C12H15N3O3/c1-17-5-4-15-12(16)8-18-11-3-2-10(14)6-9(11)7-13/h2-3,6H,4-5,8,14H2,1H3,(H,15,16). The van der Waals surface area contributed by atoms with Crippen molar-refractivity contribution in [2.75, 3.05) is 32.6 Å². The van der Waals surface area contributed by atoms with Crippen LogP contribution in [0.25, 0.3) is 0 Å². The Balaban J connectivity index is 2.48. The Morgan fingerprint density at radius 1 is 1.56 bits per heavy atom. The van der Waals surface area contributed by atoms with Crippen LogP contribution in [0.4, 0.5) is 5.69 Å². The molecule has 1 aromatic rings. The van der Waals surface area contributed by atoms with Crippen LogP contribution in [0.2, 0.25) is 0 Å². The molecule has 0 heterocycles. The van der Waals surface area contributed by atoms with E-state index < -0.39 is 0 Å². The van der Waals surface area contributed by atoms with Gasteiger partial charge in [-0.15, -0.1) is 0 Å². The summed E-state index contributed by atoms with van der Waals surface area (Å²) in [6.45, 7) is 0.713. The molecular formula is C12H15N3O3. The van der Waals surface area contributed by atoms with Crippen LogP contribution in [0.1, 0.15) is 5.56 Å². The summed E-state index contributed by atoms with van der Waals surface area (Å²) in [5.41, 5.74) is 6.32. The largest absolute Gasteiger partial charge is 0.482 e. The van der Waals surface area contributed by atoms with Gasteiger partial charge in [0.1, 0.15) is 11.8 Å². The maximum Gasteiger partial charge on any atom is 0.258 e. The molecular weight excluding hydrogens is 234 g/mol. The SMILES string of the molecule is COCCNC(=O)COc1ccc(N)cc1C#N. The minimum atomic E-state index is -0.271. The third-order valence-electron chi connectivity index (χ3n) is 2.11. The van der Waals surface area contributed by atoms with E-state index in [-0.39, 0.29) is 12.5 Å². The summed E-state index contributed by atoms with van der Waals surface area (Å²) in [6, 6.07) is 6.63. The van der Waals surface area contributed by atoms with Gasteiger partial charge in [0.05, 0.1) is 12.2 Å². The van der Waals surface area contributed by atoms with Crippen molar-refractivity contribution in [2.24, 2.45) is 0 Å². The number of ether oxygens (including phenoxy) is 2. The average molecular weight is 249 g/mol. The van der Waals surface area contributed by atoms with Crippen molar-refractivity contribution in [3.8, 4) is 11.8 Å². The molecule has 0 aliphatic rings. The number of carbonyl (C=O) groups excluding carboxylic acids is 1. The molecule has 0 atom stereocenters. The van der Waals surface area contributed by atoms with Crippen molar-refractivity contribution in [1.29, 1.82) is 5.26 Å². The van der Waals surface area contributed by atoms with Gasteiger partial charge in [0.2, 0.25) is 0 Å². The molecule has 0 bridgehead atoms. The first-order chi connectivity index (χ1) is 8.67. The van der Waals surface area contributed by atoms with E-state index in [0.717, 1.165) is 0 Å². The van der Waals surface area contributed by atoms with Crippen LogP contribution < -0.4 is 15.8 Å². The van der Waals surface area contributed by atoms with Crippen LogP contribution in [0.15, 0.2) is 18.2 Å². The molecule has 6 nitrogen and oxygen atoms in total. The highest BCUT2D eigenvalue weighted by molar-refractivity contribution is 5.77. The van der Waals surface area contributed by atoms with E-state index in [1.165, 1.54) is 6.07 Å². The van der Waals surface area contributed by atoms with Gasteiger partial charge in [-0.2, -0.15) is 5.26 Å². The predicted molar refractivity (Wildman–Crippen MR) is 66.0 cm³/mol. The van der Waals surface area contributed by atoms with Crippen molar-refractivity contribution >= 4 is 11.6 Å². The number of methoxy groups -OCH3 is 1. The molecule has 0 aliphatic carbocycles. The number of nitrogens with zero attached hydrogens (tertiary/aromatic N) is 1. The Kier molecular flexibility index (Phi) is 5.48. The number of amides is 1. The van der Waals surface area contributed by atoms with Crippen molar-refractivity contribution in [2.45, 2.75) is 0 Å². The Morgan fingerprint density at radius 2 is 2.33 bits per heavy atom. The second-order valence-corrected chi connectivity index (χ2v) is 3.50. The van der Waals surface area contributed by atoms with E-state index in [1.807, 2.05) is 6.07 Å². The quantitative estimate of drug-likeness (QED) is 0.557. The predicted octanol–water partition coefficient (Wildman–Crippen LogP) is 0.282. The molecule has 96 valence electrons. The molecule has 0 aliphatic heterocycles. The fourth-order valence-corrected chi connectivity index (χ4v) is 1.25. The zero-order valence-corrected chi connectivity index (χ0v) is 10.1. The third kappa shape index (κ3) is 4.31. The maximum absolute atomic E-state index is 11.4. The highest BCUT2D eigenvalue weighted by atomic mass is 16.5. The number of nitrogens with one attached hydrogen (secondary N) is 1. The number of rotatable bonds is 6. The number of hydrogen-bond donors (Lipinski definition) is 2. The van der Waals surface area contributed by atoms with Gasteiger partial charge in [0.25, 0.3) is 5.91 Å². The first kappa shape index (κ1) is 13.8. The molecule has 0 spiro atoms. The molecule has 0 aromatic heterocycles. The highest BCUT2D eigenvalue weighted by Gasteiger charge is 2.06. The summed E-state index contributed by atoms with van der Waals surface area (Å²) in [6.07, 6.45) is 0. The fourth-order valence-electron chi connectivity index (χ4n) is 1.25. The molecule has 0 fully saturated rings. The first-order valence-electron chi connectivity index (χ1n) is 5.35. The summed E-state index contributed by atoms with van der Waals surface area (Å²) in [5.74, 6) is 0.0707. The zero-order valence-electron chi connectivity index (χ0n) is 10.1. The lowest BCUT2D eigenvalue weighted by Gasteiger charge is -2.08. The molecule has 0 unspecified atom stereocenters.